The number of benzene rings is 2. The minimum absolute atomic E-state index is 0.268. The molecule has 0 fully saturated rings. The fraction of sp³-hybridized carbons (Fsp3) is 0.167. The quantitative estimate of drug-likeness (QED) is 0.360. The zero-order chi connectivity index (χ0) is 22.9. The van der Waals surface area contributed by atoms with Gasteiger partial charge in [-0.25, -0.2) is 9.78 Å². The molecule has 0 spiro atoms. The van der Waals surface area contributed by atoms with E-state index in [1.165, 1.54) is 23.5 Å². The van der Waals surface area contributed by atoms with Gasteiger partial charge in [-0.3, -0.25) is 4.79 Å². The van der Waals surface area contributed by atoms with Crippen molar-refractivity contribution in [2.45, 2.75) is 28.7 Å². The van der Waals surface area contributed by atoms with Crippen LogP contribution in [-0.2, 0) is 9.53 Å². The molecule has 3 aromatic rings. The molecule has 1 heterocycles. The molecule has 0 atom stereocenters. The maximum absolute atomic E-state index is 12.7. The largest absolute Gasteiger partial charge is 0.452 e. The summed E-state index contributed by atoms with van der Waals surface area (Å²) in [6, 6.07) is 18.6. The summed E-state index contributed by atoms with van der Waals surface area (Å²) in [7, 11) is 0. The molecule has 2 aromatic carbocycles. The molecule has 8 heteroatoms. The van der Waals surface area contributed by atoms with E-state index in [1.807, 2.05) is 44.2 Å². The third-order valence-electron chi connectivity index (χ3n) is 4.33. The summed E-state index contributed by atoms with van der Waals surface area (Å²) in [5, 5.41) is 12.0. The standard InChI is InChI=1S/C24H21N3O3S2/c1-16-9-10-17(2)21(14-16)32-23-18(6-5-12-26-23)24(29)30-15-22(28)27-19-7-3-4-8-20(19)31-13-11-25/h3-10,12,14H,13,15H2,1-2H3,(H,27,28). The van der Waals surface area contributed by atoms with Gasteiger partial charge in [0, 0.05) is 16.0 Å². The smallest absolute Gasteiger partial charge is 0.341 e. The van der Waals surface area contributed by atoms with Crippen LogP contribution in [0.3, 0.4) is 0 Å². The van der Waals surface area contributed by atoms with Crippen LogP contribution < -0.4 is 5.32 Å². The van der Waals surface area contributed by atoms with E-state index >= 15 is 0 Å². The van der Waals surface area contributed by atoms with Crippen LogP contribution in [0.5, 0.6) is 0 Å². The number of amides is 1. The SMILES string of the molecule is Cc1ccc(C)c(Sc2ncccc2C(=O)OCC(=O)Nc2ccccc2SCC#N)c1. The molecule has 0 saturated heterocycles. The fourth-order valence-corrected chi connectivity index (χ4v) is 4.48. The number of carbonyl (C=O) groups excluding carboxylic acids is 2. The summed E-state index contributed by atoms with van der Waals surface area (Å²) >= 11 is 2.71. The van der Waals surface area contributed by atoms with Gasteiger partial charge in [0.2, 0.25) is 0 Å². The minimum atomic E-state index is -0.617. The van der Waals surface area contributed by atoms with Gasteiger partial charge in [-0.2, -0.15) is 5.26 Å². The fourth-order valence-electron chi connectivity index (χ4n) is 2.75. The van der Waals surface area contributed by atoms with Crippen molar-refractivity contribution < 1.29 is 14.3 Å². The number of aryl methyl sites for hydroxylation is 2. The summed E-state index contributed by atoms with van der Waals surface area (Å²) in [4.78, 5) is 31.1. The molecule has 0 aliphatic rings. The molecule has 0 unspecified atom stereocenters. The summed E-state index contributed by atoms with van der Waals surface area (Å²) in [5.74, 6) is -0.812. The monoisotopic (exact) mass is 463 g/mol. The molecular weight excluding hydrogens is 442 g/mol. The van der Waals surface area contributed by atoms with Gasteiger partial charge in [0.15, 0.2) is 6.61 Å². The van der Waals surface area contributed by atoms with Crippen LogP contribution in [0.15, 0.2) is 75.6 Å². The first kappa shape index (κ1) is 23.4. The van der Waals surface area contributed by atoms with E-state index in [9.17, 15) is 9.59 Å². The van der Waals surface area contributed by atoms with Crippen LogP contribution in [0.25, 0.3) is 0 Å². The van der Waals surface area contributed by atoms with Gasteiger partial charge in [0.25, 0.3) is 5.91 Å². The van der Waals surface area contributed by atoms with Crippen molar-refractivity contribution in [2.24, 2.45) is 0 Å². The topological polar surface area (TPSA) is 92.1 Å². The van der Waals surface area contributed by atoms with Crippen molar-refractivity contribution in [3.05, 3.63) is 77.5 Å². The van der Waals surface area contributed by atoms with Crippen LogP contribution in [0.2, 0.25) is 0 Å². The number of nitrogens with zero attached hydrogens (tertiary/aromatic N) is 2. The van der Waals surface area contributed by atoms with Crippen molar-refractivity contribution in [3.8, 4) is 6.07 Å². The van der Waals surface area contributed by atoms with E-state index in [1.54, 1.807) is 30.5 Å². The number of para-hydroxylation sites is 1. The van der Waals surface area contributed by atoms with E-state index in [-0.39, 0.29) is 5.75 Å². The highest BCUT2D eigenvalue weighted by Crippen LogP contribution is 2.32. The molecule has 1 N–H and O–H groups in total. The van der Waals surface area contributed by atoms with Gasteiger partial charge in [-0.15, -0.1) is 11.8 Å². The van der Waals surface area contributed by atoms with Crippen LogP contribution in [-0.4, -0.2) is 29.2 Å². The van der Waals surface area contributed by atoms with Gasteiger partial charge in [0.1, 0.15) is 5.03 Å². The van der Waals surface area contributed by atoms with E-state index in [2.05, 4.69) is 16.4 Å². The van der Waals surface area contributed by atoms with E-state index in [4.69, 9.17) is 10.00 Å². The third kappa shape index (κ3) is 6.36. The Hall–Kier alpha value is -3.28. The molecule has 0 bridgehead atoms. The number of pyridine rings is 1. The van der Waals surface area contributed by atoms with E-state index in [0.717, 1.165) is 20.9 Å². The number of nitriles is 1. The van der Waals surface area contributed by atoms with Gasteiger partial charge in [-0.05, 0) is 55.3 Å². The number of nitrogens with one attached hydrogen (secondary N) is 1. The molecule has 32 heavy (non-hydrogen) atoms. The number of hydrogen-bond donors (Lipinski definition) is 1. The number of aromatic nitrogens is 1. The number of ether oxygens (including phenoxy) is 1. The first-order valence-corrected chi connectivity index (χ1v) is 11.5. The van der Waals surface area contributed by atoms with Crippen LogP contribution >= 0.6 is 23.5 Å². The highest BCUT2D eigenvalue weighted by Gasteiger charge is 2.17. The van der Waals surface area contributed by atoms with Gasteiger partial charge < -0.3 is 10.1 Å². The first-order chi connectivity index (χ1) is 15.5. The number of hydrogen-bond acceptors (Lipinski definition) is 7. The average molecular weight is 464 g/mol. The highest BCUT2D eigenvalue weighted by atomic mass is 32.2. The number of thioether (sulfide) groups is 1. The lowest BCUT2D eigenvalue weighted by Crippen LogP contribution is -2.21. The second kappa shape index (κ2) is 11.4. The first-order valence-electron chi connectivity index (χ1n) is 9.74. The Labute approximate surface area is 195 Å². The van der Waals surface area contributed by atoms with E-state index in [0.29, 0.717) is 16.3 Å². The van der Waals surface area contributed by atoms with Crippen LogP contribution in [0.4, 0.5) is 5.69 Å². The minimum Gasteiger partial charge on any atom is -0.452 e. The Balaban J connectivity index is 1.65. The van der Waals surface area contributed by atoms with Crippen molar-refractivity contribution in [3.63, 3.8) is 0 Å². The van der Waals surface area contributed by atoms with Crippen molar-refractivity contribution >= 4 is 41.1 Å². The average Bonchev–Trinajstić information content (AvgIpc) is 2.79. The predicted octanol–water partition coefficient (Wildman–Crippen LogP) is 5.26. The lowest BCUT2D eigenvalue weighted by atomic mass is 10.2. The molecule has 3 rings (SSSR count). The summed E-state index contributed by atoms with van der Waals surface area (Å²) in [6.45, 7) is 3.57. The van der Waals surface area contributed by atoms with Gasteiger partial charge in [-0.1, -0.05) is 36.0 Å². The maximum atomic E-state index is 12.7. The van der Waals surface area contributed by atoms with E-state index < -0.39 is 18.5 Å². The zero-order valence-corrected chi connectivity index (χ0v) is 19.3. The lowest BCUT2D eigenvalue weighted by Gasteiger charge is -2.12. The predicted molar refractivity (Wildman–Crippen MR) is 126 cm³/mol. The summed E-state index contributed by atoms with van der Waals surface area (Å²) < 4.78 is 5.25. The number of rotatable bonds is 8. The Morgan fingerprint density at radius 1 is 1.09 bits per heavy atom. The maximum Gasteiger partial charge on any atom is 0.341 e. The lowest BCUT2D eigenvalue weighted by molar-refractivity contribution is -0.119. The molecule has 0 aliphatic carbocycles. The second-order valence-electron chi connectivity index (χ2n) is 6.79. The molecule has 1 aromatic heterocycles. The normalized spacial score (nSPS) is 10.3. The highest BCUT2D eigenvalue weighted by molar-refractivity contribution is 7.99. The Morgan fingerprint density at radius 3 is 2.72 bits per heavy atom. The number of carbonyl (C=O) groups is 2. The Bertz CT molecular complexity index is 1180. The number of anilines is 1. The third-order valence-corrected chi connectivity index (χ3v) is 6.45. The van der Waals surface area contributed by atoms with Crippen molar-refractivity contribution in [1.29, 1.82) is 5.26 Å². The molecule has 0 aliphatic heterocycles. The van der Waals surface area contributed by atoms with Crippen LogP contribution in [0, 0.1) is 25.2 Å². The molecule has 6 nitrogen and oxygen atoms in total. The summed E-state index contributed by atoms with van der Waals surface area (Å²) in [5.41, 5.74) is 3.07. The Morgan fingerprint density at radius 2 is 1.91 bits per heavy atom. The van der Waals surface area contributed by atoms with Crippen molar-refractivity contribution in [1.82, 2.24) is 4.98 Å². The van der Waals surface area contributed by atoms with Crippen LogP contribution in [0.1, 0.15) is 21.5 Å². The summed E-state index contributed by atoms with van der Waals surface area (Å²) in [6.07, 6.45) is 1.62. The number of esters is 1. The van der Waals surface area contributed by atoms with Crippen molar-refractivity contribution in [2.75, 3.05) is 17.7 Å². The van der Waals surface area contributed by atoms with Gasteiger partial charge in [0.05, 0.1) is 23.1 Å². The van der Waals surface area contributed by atoms with Gasteiger partial charge >= 0.3 is 5.97 Å². The molecule has 162 valence electrons. The second-order valence-corrected chi connectivity index (χ2v) is 8.84. The molecule has 1 amide bonds. The molecule has 0 radical (unpaired) electrons. The molecular formula is C24H21N3O3S2. The Kier molecular flexibility index (Phi) is 8.31. The zero-order valence-electron chi connectivity index (χ0n) is 17.6. The molecule has 0 saturated carbocycles.